The second-order valence-corrected chi connectivity index (χ2v) is 4.26. The van der Waals surface area contributed by atoms with Crippen molar-refractivity contribution >= 4 is 0 Å². The second kappa shape index (κ2) is 1.97. The van der Waals surface area contributed by atoms with Crippen LogP contribution in [0.15, 0.2) is 0 Å². The third-order valence-electron chi connectivity index (χ3n) is 3.49. The molecule has 0 aromatic carbocycles. The van der Waals surface area contributed by atoms with Crippen molar-refractivity contribution < 1.29 is 5.11 Å². The summed E-state index contributed by atoms with van der Waals surface area (Å²) in [6.45, 7) is 1.93. The van der Waals surface area contributed by atoms with Gasteiger partial charge in [-0.2, -0.15) is 0 Å². The smallest absolute Gasteiger partial charge is 0.0540 e. The molecule has 0 heterocycles. The molecule has 0 aromatic rings. The molecule has 1 heteroatoms. The summed E-state index contributed by atoms with van der Waals surface area (Å²) in [5.41, 5.74) is 0.738. The molecule has 1 spiro atoms. The van der Waals surface area contributed by atoms with E-state index in [1.807, 2.05) is 6.92 Å². The fourth-order valence-electron chi connectivity index (χ4n) is 2.48. The van der Waals surface area contributed by atoms with Crippen molar-refractivity contribution in [3.8, 4) is 0 Å². The van der Waals surface area contributed by atoms with Crippen LogP contribution in [-0.2, 0) is 0 Å². The summed E-state index contributed by atoms with van der Waals surface area (Å²) in [6.07, 6.45) is 6.89. The van der Waals surface area contributed by atoms with Gasteiger partial charge < -0.3 is 5.11 Å². The Labute approximate surface area is 62.4 Å². The third-order valence-corrected chi connectivity index (χ3v) is 3.49. The van der Waals surface area contributed by atoms with Gasteiger partial charge in [-0.05, 0) is 43.9 Å². The minimum atomic E-state index is -0.0498. The van der Waals surface area contributed by atoms with E-state index in [0.29, 0.717) is 5.92 Å². The molecule has 0 saturated heterocycles. The summed E-state index contributed by atoms with van der Waals surface area (Å²) in [5, 5.41) is 9.22. The Balaban J connectivity index is 1.82. The van der Waals surface area contributed by atoms with Crippen molar-refractivity contribution in [1.82, 2.24) is 0 Å². The lowest BCUT2D eigenvalue weighted by molar-refractivity contribution is -0.0737. The van der Waals surface area contributed by atoms with Crippen LogP contribution >= 0.6 is 0 Å². The molecule has 0 amide bonds. The van der Waals surface area contributed by atoms with E-state index in [2.05, 4.69) is 0 Å². The van der Waals surface area contributed by atoms with E-state index in [1.165, 1.54) is 32.1 Å². The van der Waals surface area contributed by atoms with Crippen LogP contribution in [0, 0.1) is 11.3 Å². The lowest BCUT2D eigenvalue weighted by atomic mass is 9.51. The average Bonchev–Trinajstić information content (AvgIpc) is 1.54. The Bertz CT molecular complexity index is 128. The standard InChI is InChI=1S/C9H16O/c1-7(10)8-5-9(6-8)3-2-4-9/h7-8,10H,2-6H2,1H3/t7-/m1/s1. The quantitative estimate of drug-likeness (QED) is 0.590. The van der Waals surface area contributed by atoms with Crippen molar-refractivity contribution in [2.75, 3.05) is 0 Å². The molecule has 0 aromatic heterocycles. The van der Waals surface area contributed by atoms with Crippen LogP contribution in [0.5, 0.6) is 0 Å². The zero-order chi connectivity index (χ0) is 7.19. The van der Waals surface area contributed by atoms with Gasteiger partial charge >= 0.3 is 0 Å². The van der Waals surface area contributed by atoms with E-state index in [1.54, 1.807) is 0 Å². The number of aliphatic hydroxyl groups is 1. The van der Waals surface area contributed by atoms with E-state index >= 15 is 0 Å². The summed E-state index contributed by atoms with van der Waals surface area (Å²) >= 11 is 0. The van der Waals surface area contributed by atoms with Gasteiger partial charge in [0.15, 0.2) is 0 Å². The number of hydrogen-bond donors (Lipinski definition) is 1. The molecular weight excluding hydrogens is 124 g/mol. The first kappa shape index (κ1) is 6.66. The first-order chi connectivity index (χ1) is 4.72. The lowest BCUT2D eigenvalue weighted by Gasteiger charge is -2.55. The van der Waals surface area contributed by atoms with Crippen LogP contribution in [0.4, 0.5) is 0 Å². The van der Waals surface area contributed by atoms with Gasteiger partial charge in [0.05, 0.1) is 6.10 Å². The Morgan fingerprint density at radius 1 is 1.40 bits per heavy atom. The van der Waals surface area contributed by atoms with Crippen molar-refractivity contribution in [2.24, 2.45) is 11.3 Å². The minimum absolute atomic E-state index is 0.0498. The molecule has 10 heavy (non-hydrogen) atoms. The molecule has 2 saturated carbocycles. The fraction of sp³-hybridized carbons (Fsp3) is 1.00. The zero-order valence-corrected chi connectivity index (χ0v) is 6.64. The molecule has 0 radical (unpaired) electrons. The molecule has 2 rings (SSSR count). The highest BCUT2D eigenvalue weighted by Gasteiger charge is 2.49. The average molecular weight is 140 g/mol. The van der Waals surface area contributed by atoms with Crippen molar-refractivity contribution in [2.45, 2.75) is 45.1 Å². The van der Waals surface area contributed by atoms with Gasteiger partial charge in [-0.1, -0.05) is 6.42 Å². The first-order valence-corrected chi connectivity index (χ1v) is 4.40. The van der Waals surface area contributed by atoms with Gasteiger partial charge in [-0.3, -0.25) is 0 Å². The maximum Gasteiger partial charge on any atom is 0.0540 e. The first-order valence-electron chi connectivity index (χ1n) is 4.40. The zero-order valence-electron chi connectivity index (χ0n) is 6.64. The molecule has 2 aliphatic carbocycles. The maximum atomic E-state index is 9.22. The van der Waals surface area contributed by atoms with Gasteiger partial charge in [0, 0.05) is 0 Å². The van der Waals surface area contributed by atoms with E-state index in [4.69, 9.17) is 0 Å². The van der Waals surface area contributed by atoms with E-state index < -0.39 is 0 Å². The van der Waals surface area contributed by atoms with Gasteiger partial charge in [-0.15, -0.1) is 0 Å². The number of hydrogen-bond acceptors (Lipinski definition) is 1. The maximum absolute atomic E-state index is 9.22. The highest BCUT2D eigenvalue weighted by Crippen LogP contribution is 2.59. The Morgan fingerprint density at radius 2 is 2.00 bits per heavy atom. The van der Waals surface area contributed by atoms with Crippen LogP contribution in [0.25, 0.3) is 0 Å². The highest BCUT2D eigenvalue weighted by molar-refractivity contribution is 5.00. The Kier molecular flexibility index (Phi) is 1.31. The van der Waals surface area contributed by atoms with Crippen LogP contribution in [0.2, 0.25) is 0 Å². The van der Waals surface area contributed by atoms with Crippen molar-refractivity contribution in [3.05, 3.63) is 0 Å². The Hall–Kier alpha value is -0.0400. The van der Waals surface area contributed by atoms with E-state index in [9.17, 15) is 5.11 Å². The molecule has 2 aliphatic rings. The van der Waals surface area contributed by atoms with Crippen LogP contribution < -0.4 is 0 Å². The summed E-state index contributed by atoms with van der Waals surface area (Å²) in [5.74, 6) is 0.639. The summed E-state index contributed by atoms with van der Waals surface area (Å²) in [7, 11) is 0. The van der Waals surface area contributed by atoms with Crippen molar-refractivity contribution in [1.29, 1.82) is 0 Å². The molecular formula is C9H16O. The summed E-state index contributed by atoms with van der Waals surface area (Å²) < 4.78 is 0. The molecule has 1 atom stereocenters. The second-order valence-electron chi connectivity index (χ2n) is 4.26. The van der Waals surface area contributed by atoms with Gasteiger partial charge in [0.1, 0.15) is 0 Å². The lowest BCUT2D eigenvalue weighted by Crippen LogP contribution is -2.46. The Morgan fingerprint density at radius 3 is 2.30 bits per heavy atom. The van der Waals surface area contributed by atoms with Gasteiger partial charge in [0.2, 0.25) is 0 Å². The SMILES string of the molecule is C[C@@H](O)C1CC2(CCC2)C1. The molecule has 1 nitrogen and oxygen atoms in total. The van der Waals surface area contributed by atoms with E-state index in [0.717, 1.165) is 5.41 Å². The monoisotopic (exact) mass is 140 g/mol. The molecule has 0 aliphatic heterocycles. The third kappa shape index (κ3) is 0.800. The molecule has 58 valence electrons. The molecule has 0 bridgehead atoms. The summed E-state index contributed by atoms with van der Waals surface area (Å²) in [4.78, 5) is 0. The minimum Gasteiger partial charge on any atom is -0.393 e. The molecule has 2 fully saturated rings. The highest BCUT2D eigenvalue weighted by atomic mass is 16.3. The van der Waals surface area contributed by atoms with E-state index in [-0.39, 0.29) is 6.10 Å². The topological polar surface area (TPSA) is 20.2 Å². The van der Waals surface area contributed by atoms with Gasteiger partial charge in [-0.25, -0.2) is 0 Å². The van der Waals surface area contributed by atoms with Crippen LogP contribution in [-0.4, -0.2) is 11.2 Å². The predicted octanol–water partition coefficient (Wildman–Crippen LogP) is 1.95. The molecule has 0 unspecified atom stereocenters. The predicted molar refractivity (Wildman–Crippen MR) is 40.7 cm³/mol. The molecule has 1 N–H and O–H groups in total. The van der Waals surface area contributed by atoms with Crippen molar-refractivity contribution in [3.63, 3.8) is 0 Å². The normalized spacial score (nSPS) is 33.0. The largest absolute Gasteiger partial charge is 0.393 e. The van der Waals surface area contributed by atoms with Gasteiger partial charge in [0.25, 0.3) is 0 Å². The van der Waals surface area contributed by atoms with Crippen LogP contribution in [0.1, 0.15) is 39.0 Å². The number of aliphatic hydroxyl groups excluding tert-OH is 1. The van der Waals surface area contributed by atoms with Crippen LogP contribution in [0.3, 0.4) is 0 Å². The fourth-order valence-corrected chi connectivity index (χ4v) is 2.48. The summed E-state index contributed by atoms with van der Waals surface area (Å²) in [6, 6.07) is 0. The number of rotatable bonds is 1.